The topological polar surface area (TPSA) is 55.1 Å². The molecular weight excluding hydrogens is 300 g/mol. The zero-order chi connectivity index (χ0) is 16.5. The van der Waals surface area contributed by atoms with Gasteiger partial charge in [-0.25, -0.2) is 9.97 Å². The summed E-state index contributed by atoms with van der Waals surface area (Å²) >= 11 is 0. The van der Waals surface area contributed by atoms with Gasteiger partial charge in [0.1, 0.15) is 11.5 Å². The molecule has 3 aromatic heterocycles. The van der Waals surface area contributed by atoms with E-state index in [1.54, 1.807) is 12.4 Å². The van der Waals surface area contributed by atoms with Crippen LogP contribution in [0.3, 0.4) is 0 Å². The van der Waals surface area contributed by atoms with Gasteiger partial charge in [0.25, 0.3) is 0 Å². The molecule has 5 nitrogen and oxygen atoms in total. The Hall–Kier alpha value is -2.53. The zero-order valence-electron chi connectivity index (χ0n) is 14.0. The minimum atomic E-state index is 0.780. The number of fused-ring (bicyclic) bond motifs is 1. The van der Waals surface area contributed by atoms with Crippen molar-refractivity contribution in [2.45, 2.75) is 33.4 Å². The summed E-state index contributed by atoms with van der Waals surface area (Å²) in [7, 11) is 0. The monoisotopic (exact) mass is 320 g/mol. The van der Waals surface area contributed by atoms with E-state index in [1.807, 2.05) is 25.3 Å². The molecule has 5 heteroatoms. The van der Waals surface area contributed by atoms with E-state index in [0.29, 0.717) is 0 Å². The fourth-order valence-corrected chi connectivity index (χ4v) is 3.10. The maximum Gasteiger partial charge on any atom is 0.159 e. The van der Waals surface area contributed by atoms with Gasteiger partial charge in [-0.05, 0) is 37.6 Å². The van der Waals surface area contributed by atoms with Crippen molar-refractivity contribution in [2.24, 2.45) is 0 Å². The first kappa shape index (κ1) is 15.0. The largest absolute Gasteiger partial charge is 0.465 e. The lowest BCUT2D eigenvalue weighted by Gasteiger charge is -2.27. The van der Waals surface area contributed by atoms with Gasteiger partial charge in [0.2, 0.25) is 0 Å². The second kappa shape index (κ2) is 6.17. The molecule has 0 aromatic carbocycles. The molecule has 0 N–H and O–H groups in total. The van der Waals surface area contributed by atoms with E-state index in [9.17, 15) is 0 Å². The third-order valence-electron chi connectivity index (χ3n) is 4.55. The summed E-state index contributed by atoms with van der Waals surface area (Å²) in [5.74, 6) is 2.82. The van der Waals surface area contributed by atoms with E-state index < -0.39 is 0 Å². The molecule has 4 rings (SSSR count). The van der Waals surface area contributed by atoms with Crippen LogP contribution in [0.4, 0.5) is 0 Å². The Morgan fingerprint density at radius 3 is 2.79 bits per heavy atom. The van der Waals surface area contributed by atoms with Crippen molar-refractivity contribution in [2.75, 3.05) is 6.54 Å². The predicted molar refractivity (Wildman–Crippen MR) is 91.3 cm³/mol. The molecule has 0 aliphatic carbocycles. The lowest BCUT2D eigenvalue weighted by molar-refractivity contribution is 0.222. The Labute approximate surface area is 141 Å². The van der Waals surface area contributed by atoms with Crippen molar-refractivity contribution in [1.82, 2.24) is 19.9 Å². The van der Waals surface area contributed by atoms with Gasteiger partial charge in [-0.3, -0.25) is 9.88 Å². The number of nitrogens with zero attached hydrogens (tertiary/aromatic N) is 4. The molecule has 1 aliphatic heterocycles. The normalized spacial score (nSPS) is 14.6. The van der Waals surface area contributed by atoms with Crippen LogP contribution in [0.2, 0.25) is 0 Å². The summed E-state index contributed by atoms with van der Waals surface area (Å²) in [6.07, 6.45) is 6.44. The molecule has 1 aliphatic rings. The quantitative estimate of drug-likeness (QED) is 0.741. The standard InChI is InChI=1S/C19H20N4O/c1-13-9-17(24-14(13)2)12-23-8-5-18-16(11-23)10-21-19(22-18)15-3-6-20-7-4-15/h3-4,6-7,9-10H,5,8,11-12H2,1-2H3. The molecule has 0 atom stereocenters. The number of hydrogen-bond donors (Lipinski definition) is 0. The van der Waals surface area contributed by atoms with Gasteiger partial charge in [-0.1, -0.05) is 0 Å². The first-order valence-corrected chi connectivity index (χ1v) is 8.22. The van der Waals surface area contributed by atoms with Gasteiger partial charge in [0.05, 0.1) is 12.2 Å². The van der Waals surface area contributed by atoms with E-state index in [1.165, 1.54) is 11.1 Å². The minimum Gasteiger partial charge on any atom is -0.465 e. The first-order chi connectivity index (χ1) is 11.7. The lowest BCUT2D eigenvalue weighted by atomic mass is 10.1. The van der Waals surface area contributed by atoms with Crippen molar-refractivity contribution < 1.29 is 4.42 Å². The number of aryl methyl sites for hydroxylation is 2. The van der Waals surface area contributed by atoms with Gasteiger partial charge in [-0.2, -0.15) is 0 Å². The van der Waals surface area contributed by atoms with Crippen LogP contribution in [0.1, 0.15) is 28.3 Å². The Morgan fingerprint density at radius 2 is 2.04 bits per heavy atom. The van der Waals surface area contributed by atoms with E-state index in [-0.39, 0.29) is 0 Å². The Balaban J connectivity index is 1.51. The molecule has 0 unspecified atom stereocenters. The molecule has 0 bridgehead atoms. The molecule has 0 spiro atoms. The smallest absolute Gasteiger partial charge is 0.159 e. The molecular formula is C19H20N4O. The molecule has 0 amide bonds. The molecule has 0 saturated carbocycles. The highest BCUT2D eigenvalue weighted by Gasteiger charge is 2.20. The molecule has 0 saturated heterocycles. The lowest BCUT2D eigenvalue weighted by Crippen LogP contribution is -2.30. The summed E-state index contributed by atoms with van der Waals surface area (Å²) < 4.78 is 5.80. The highest BCUT2D eigenvalue weighted by atomic mass is 16.3. The Kier molecular flexibility index (Phi) is 3.86. The van der Waals surface area contributed by atoms with Gasteiger partial charge < -0.3 is 4.42 Å². The van der Waals surface area contributed by atoms with Crippen LogP contribution >= 0.6 is 0 Å². The second-order valence-electron chi connectivity index (χ2n) is 6.31. The molecule has 122 valence electrons. The summed E-state index contributed by atoms with van der Waals surface area (Å²) in [6.45, 7) is 6.78. The van der Waals surface area contributed by atoms with E-state index >= 15 is 0 Å². The number of rotatable bonds is 3. The molecule has 24 heavy (non-hydrogen) atoms. The van der Waals surface area contributed by atoms with Crippen molar-refractivity contribution in [1.29, 1.82) is 0 Å². The maximum absolute atomic E-state index is 5.80. The van der Waals surface area contributed by atoms with Crippen molar-refractivity contribution in [3.05, 3.63) is 65.1 Å². The Bertz CT molecular complexity index is 838. The summed E-state index contributed by atoms with van der Waals surface area (Å²) in [4.78, 5) is 15.7. The van der Waals surface area contributed by atoms with Crippen LogP contribution in [-0.2, 0) is 19.5 Å². The fourth-order valence-electron chi connectivity index (χ4n) is 3.10. The van der Waals surface area contributed by atoms with Crippen LogP contribution in [0.15, 0.2) is 41.2 Å². The van der Waals surface area contributed by atoms with Crippen LogP contribution in [0, 0.1) is 13.8 Å². The predicted octanol–water partition coefficient (Wildman–Crippen LogP) is 3.31. The van der Waals surface area contributed by atoms with Crippen molar-refractivity contribution in [3.63, 3.8) is 0 Å². The van der Waals surface area contributed by atoms with E-state index in [4.69, 9.17) is 9.40 Å². The molecule has 4 heterocycles. The van der Waals surface area contributed by atoms with Crippen LogP contribution in [0.5, 0.6) is 0 Å². The van der Waals surface area contributed by atoms with Crippen molar-refractivity contribution >= 4 is 0 Å². The van der Waals surface area contributed by atoms with Crippen LogP contribution < -0.4 is 0 Å². The fraction of sp³-hybridized carbons (Fsp3) is 0.316. The van der Waals surface area contributed by atoms with E-state index in [0.717, 1.165) is 54.7 Å². The zero-order valence-corrected chi connectivity index (χ0v) is 14.0. The second-order valence-corrected chi connectivity index (χ2v) is 6.31. The van der Waals surface area contributed by atoms with Gasteiger partial charge in [0.15, 0.2) is 5.82 Å². The summed E-state index contributed by atoms with van der Waals surface area (Å²) in [5.41, 5.74) is 4.59. The van der Waals surface area contributed by atoms with Gasteiger partial charge in [0, 0.05) is 49.2 Å². The molecule has 0 radical (unpaired) electrons. The average molecular weight is 320 g/mol. The molecule has 3 aromatic rings. The highest BCUT2D eigenvalue weighted by molar-refractivity contribution is 5.54. The minimum absolute atomic E-state index is 0.780. The average Bonchev–Trinajstić information content (AvgIpc) is 2.92. The van der Waals surface area contributed by atoms with Gasteiger partial charge >= 0.3 is 0 Å². The first-order valence-electron chi connectivity index (χ1n) is 8.22. The third-order valence-corrected chi connectivity index (χ3v) is 4.55. The van der Waals surface area contributed by atoms with Crippen molar-refractivity contribution in [3.8, 4) is 11.4 Å². The SMILES string of the molecule is Cc1cc(CN2CCc3nc(-c4ccncc4)ncc3C2)oc1C. The highest BCUT2D eigenvalue weighted by Crippen LogP contribution is 2.23. The van der Waals surface area contributed by atoms with Gasteiger partial charge in [-0.15, -0.1) is 0 Å². The number of furan rings is 1. The molecule has 0 fully saturated rings. The Morgan fingerprint density at radius 1 is 1.21 bits per heavy atom. The summed E-state index contributed by atoms with van der Waals surface area (Å²) in [6, 6.07) is 6.02. The number of hydrogen-bond acceptors (Lipinski definition) is 5. The number of pyridine rings is 1. The van der Waals surface area contributed by atoms with E-state index in [2.05, 4.69) is 27.9 Å². The third kappa shape index (κ3) is 2.95. The number of aromatic nitrogens is 3. The van der Waals surface area contributed by atoms with Crippen LogP contribution in [-0.4, -0.2) is 26.4 Å². The van der Waals surface area contributed by atoms with Crippen LogP contribution in [0.25, 0.3) is 11.4 Å². The summed E-state index contributed by atoms with van der Waals surface area (Å²) in [5, 5.41) is 0. The maximum atomic E-state index is 5.80.